The number of aryl methyl sites for hydroxylation is 3. The zero-order valence-electron chi connectivity index (χ0n) is 12.6. The summed E-state index contributed by atoms with van der Waals surface area (Å²) in [5.74, 6) is 0.330. The van der Waals surface area contributed by atoms with Gasteiger partial charge in [0.1, 0.15) is 4.90 Å². The maximum atomic E-state index is 12.4. The maximum Gasteiger partial charge on any atom is 0.266 e. The molecule has 0 radical (unpaired) electrons. The quantitative estimate of drug-likeness (QED) is 0.793. The third-order valence-corrected chi connectivity index (χ3v) is 4.85. The lowest BCUT2D eigenvalue weighted by atomic mass is 10.1. The lowest BCUT2D eigenvalue weighted by molar-refractivity contribution is 0.600. The molecule has 0 saturated carbocycles. The minimum absolute atomic E-state index is 0.112. The molecule has 0 spiro atoms. The molecule has 8 heteroatoms. The van der Waals surface area contributed by atoms with Crippen LogP contribution in [0.15, 0.2) is 35.5 Å². The summed E-state index contributed by atoms with van der Waals surface area (Å²) in [5.41, 5.74) is 2.06. The summed E-state index contributed by atoms with van der Waals surface area (Å²) in [6.07, 6.45) is 3.61. The highest BCUT2D eigenvalue weighted by molar-refractivity contribution is 7.92. The number of hydrogen-bond acceptors (Lipinski definition) is 4. The maximum absolute atomic E-state index is 12.4. The molecule has 0 unspecified atom stereocenters. The molecule has 0 aliphatic rings. The number of aromatic nitrogens is 4. The standard InChI is InChI=1S/C14H17N5O2S/c1-4-10-6-5-7-12-13(10)19(3)16-14(12)17-22(20,21)11-8-15-18(2)9-11/h5-9H,4H2,1-3H3,(H,16,17). The van der Waals surface area contributed by atoms with Gasteiger partial charge in [-0.15, -0.1) is 0 Å². The van der Waals surface area contributed by atoms with Gasteiger partial charge in [0.2, 0.25) is 0 Å². The van der Waals surface area contributed by atoms with Crippen molar-refractivity contribution < 1.29 is 8.42 Å². The molecule has 0 aliphatic heterocycles. The molecule has 0 bridgehead atoms. The fourth-order valence-corrected chi connectivity index (χ4v) is 3.50. The molecule has 0 aliphatic carbocycles. The van der Waals surface area contributed by atoms with Crippen molar-refractivity contribution >= 4 is 26.7 Å². The van der Waals surface area contributed by atoms with Crippen LogP contribution in [-0.4, -0.2) is 28.0 Å². The van der Waals surface area contributed by atoms with E-state index in [-0.39, 0.29) is 4.90 Å². The summed E-state index contributed by atoms with van der Waals surface area (Å²) in [6, 6.07) is 5.79. The third-order valence-electron chi connectivity index (χ3n) is 3.55. The molecule has 2 aromatic heterocycles. The molecule has 116 valence electrons. The van der Waals surface area contributed by atoms with Gasteiger partial charge in [-0.2, -0.15) is 10.2 Å². The first-order valence-electron chi connectivity index (χ1n) is 6.88. The number of nitrogens with zero attached hydrogens (tertiary/aromatic N) is 4. The Morgan fingerprint density at radius 2 is 2.05 bits per heavy atom. The van der Waals surface area contributed by atoms with E-state index >= 15 is 0 Å². The molecule has 0 fully saturated rings. The van der Waals surface area contributed by atoms with Crippen molar-refractivity contribution in [2.24, 2.45) is 14.1 Å². The van der Waals surface area contributed by atoms with E-state index in [0.717, 1.165) is 22.9 Å². The van der Waals surface area contributed by atoms with Crippen LogP contribution >= 0.6 is 0 Å². The van der Waals surface area contributed by atoms with Crippen molar-refractivity contribution in [3.63, 3.8) is 0 Å². The van der Waals surface area contributed by atoms with Gasteiger partial charge in [0.15, 0.2) is 5.82 Å². The van der Waals surface area contributed by atoms with E-state index in [4.69, 9.17) is 0 Å². The first-order chi connectivity index (χ1) is 10.4. The number of para-hydroxylation sites is 1. The monoisotopic (exact) mass is 319 g/mol. The summed E-state index contributed by atoms with van der Waals surface area (Å²) in [5, 5.41) is 8.99. The Balaban J connectivity index is 2.08. The van der Waals surface area contributed by atoms with Crippen LogP contribution in [0.3, 0.4) is 0 Å². The van der Waals surface area contributed by atoms with E-state index < -0.39 is 10.0 Å². The number of rotatable bonds is 4. The van der Waals surface area contributed by atoms with Gasteiger partial charge in [0.25, 0.3) is 10.0 Å². The first kappa shape index (κ1) is 14.6. The van der Waals surface area contributed by atoms with Gasteiger partial charge in [0.05, 0.1) is 11.7 Å². The Kier molecular flexibility index (Phi) is 3.40. The molecule has 3 aromatic rings. The summed E-state index contributed by atoms with van der Waals surface area (Å²) in [4.78, 5) is 0.112. The van der Waals surface area contributed by atoms with Crippen molar-refractivity contribution in [1.82, 2.24) is 19.6 Å². The van der Waals surface area contributed by atoms with Crippen molar-refractivity contribution in [2.45, 2.75) is 18.2 Å². The number of nitrogens with one attached hydrogen (secondary N) is 1. The molecule has 1 aromatic carbocycles. The minimum Gasteiger partial charge on any atom is -0.274 e. The lowest BCUT2D eigenvalue weighted by Gasteiger charge is -2.03. The van der Waals surface area contributed by atoms with Gasteiger partial charge >= 0.3 is 0 Å². The molecule has 22 heavy (non-hydrogen) atoms. The zero-order chi connectivity index (χ0) is 15.9. The van der Waals surface area contributed by atoms with Crippen LogP contribution in [0.2, 0.25) is 0 Å². The Morgan fingerprint density at radius 3 is 2.68 bits per heavy atom. The summed E-state index contributed by atoms with van der Waals surface area (Å²) in [7, 11) is -0.221. The fourth-order valence-electron chi connectivity index (χ4n) is 2.50. The van der Waals surface area contributed by atoms with E-state index in [0.29, 0.717) is 5.82 Å². The molecule has 7 nitrogen and oxygen atoms in total. The summed E-state index contributed by atoms with van der Waals surface area (Å²) in [6.45, 7) is 2.06. The van der Waals surface area contributed by atoms with Crippen LogP contribution in [-0.2, 0) is 30.5 Å². The zero-order valence-corrected chi connectivity index (χ0v) is 13.4. The molecule has 0 atom stereocenters. The van der Waals surface area contributed by atoms with Crippen LogP contribution in [0.5, 0.6) is 0 Å². The Labute approximate surface area is 128 Å². The molecule has 0 amide bonds. The third kappa shape index (κ3) is 2.35. The second-order valence-corrected chi connectivity index (χ2v) is 6.78. The molecule has 3 rings (SSSR count). The van der Waals surface area contributed by atoms with Crippen molar-refractivity contribution in [3.8, 4) is 0 Å². The first-order valence-corrected chi connectivity index (χ1v) is 8.36. The van der Waals surface area contributed by atoms with Gasteiger partial charge in [-0.3, -0.25) is 14.1 Å². The molecule has 0 saturated heterocycles. The van der Waals surface area contributed by atoms with Crippen LogP contribution in [0, 0.1) is 0 Å². The van der Waals surface area contributed by atoms with Crippen molar-refractivity contribution in [2.75, 3.05) is 4.72 Å². The van der Waals surface area contributed by atoms with Crippen LogP contribution in [0.25, 0.3) is 10.9 Å². The topological polar surface area (TPSA) is 81.8 Å². The Morgan fingerprint density at radius 1 is 1.27 bits per heavy atom. The van der Waals surface area contributed by atoms with E-state index in [9.17, 15) is 8.42 Å². The second kappa shape index (κ2) is 5.13. The summed E-state index contributed by atoms with van der Waals surface area (Å²) >= 11 is 0. The Hall–Kier alpha value is -2.35. The molecular weight excluding hydrogens is 302 g/mol. The highest BCUT2D eigenvalue weighted by Crippen LogP contribution is 2.27. The van der Waals surface area contributed by atoms with E-state index in [1.807, 2.05) is 25.2 Å². The normalized spacial score (nSPS) is 12.0. The molecule has 1 N–H and O–H groups in total. The Bertz CT molecular complexity index is 939. The van der Waals surface area contributed by atoms with Crippen molar-refractivity contribution in [1.29, 1.82) is 0 Å². The average molecular weight is 319 g/mol. The van der Waals surface area contributed by atoms with Crippen LogP contribution in [0.4, 0.5) is 5.82 Å². The van der Waals surface area contributed by atoms with E-state index in [2.05, 4.69) is 21.8 Å². The largest absolute Gasteiger partial charge is 0.274 e. The van der Waals surface area contributed by atoms with Crippen LogP contribution < -0.4 is 4.72 Å². The smallest absolute Gasteiger partial charge is 0.266 e. The average Bonchev–Trinajstić information content (AvgIpc) is 3.04. The summed E-state index contributed by atoms with van der Waals surface area (Å²) < 4.78 is 30.5. The number of hydrogen-bond donors (Lipinski definition) is 1. The van der Waals surface area contributed by atoms with Gasteiger partial charge in [-0.1, -0.05) is 19.1 Å². The molecular formula is C14H17N5O2S. The van der Waals surface area contributed by atoms with E-state index in [1.165, 1.54) is 17.1 Å². The highest BCUT2D eigenvalue weighted by Gasteiger charge is 2.20. The minimum atomic E-state index is -3.70. The van der Waals surface area contributed by atoms with Gasteiger partial charge in [-0.25, -0.2) is 8.42 Å². The predicted octanol–water partition coefficient (Wildman–Crippen LogP) is 1.67. The van der Waals surface area contributed by atoms with E-state index in [1.54, 1.807) is 11.7 Å². The number of sulfonamides is 1. The number of benzene rings is 1. The lowest BCUT2D eigenvalue weighted by Crippen LogP contribution is -2.13. The number of anilines is 1. The van der Waals surface area contributed by atoms with Gasteiger partial charge < -0.3 is 0 Å². The van der Waals surface area contributed by atoms with Crippen LogP contribution in [0.1, 0.15) is 12.5 Å². The molecule has 2 heterocycles. The van der Waals surface area contributed by atoms with Gasteiger partial charge in [-0.05, 0) is 18.1 Å². The SMILES string of the molecule is CCc1cccc2c(NS(=O)(=O)c3cnn(C)c3)nn(C)c12. The number of fused-ring (bicyclic) bond motifs is 1. The highest BCUT2D eigenvalue weighted by atomic mass is 32.2. The predicted molar refractivity (Wildman–Crippen MR) is 84.1 cm³/mol. The fraction of sp³-hybridized carbons (Fsp3) is 0.286. The van der Waals surface area contributed by atoms with Gasteiger partial charge in [0, 0.05) is 25.7 Å². The second-order valence-electron chi connectivity index (χ2n) is 5.09. The van der Waals surface area contributed by atoms with Crippen molar-refractivity contribution in [3.05, 3.63) is 36.2 Å².